The molecule has 3 aromatic rings. The largest absolute Gasteiger partial charge is 0.271 e. The number of rotatable bonds is 7. The summed E-state index contributed by atoms with van der Waals surface area (Å²) in [5.74, 6) is -1.66. The highest BCUT2D eigenvalue weighted by molar-refractivity contribution is 7.92. The van der Waals surface area contributed by atoms with E-state index in [0.717, 1.165) is 34.1 Å². The molecule has 0 radical (unpaired) electrons. The zero-order valence-electron chi connectivity index (χ0n) is 17.4. The maximum absolute atomic E-state index is 13.3. The number of carbonyl (C=O) groups is 1. The Bertz CT molecular complexity index is 1220. The monoisotopic (exact) mass is 457 g/mol. The molecule has 0 fully saturated rings. The minimum Gasteiger partial charge on any atom is -0.271 e. The van der Waals surface area contributed by atoms with Crippen LogP contribution in [0.1, 0.15) is 18.1 Å². The predicted molar refractivity (Wildman–Crippen MR) is 119 cm³/mol. The van der Waals surface area contributed by atoms with E-state index < -0.39 is 34.1 Å². The highest BCUT2D eigenvalue weighted by Crippen LogP contribution is 2.24. The Labute approximate surface area is 185 Å². The van der Waals surface area contributed by atoms with Gasteiger partial charge in [-0.2, -0.15) is 5.10 Å². The van der Waals surface area contributed by atoms with Crippen molar-refractivity contribution >= 4 is 27.3 Å². The number of amides is 1. The molecule has 1 N–H and O–H groups in total. The summed E-state index contributed by atoms with van der Waals surface area (Å²) in [6.07, 6.45) is 0. The minimum absolute atomic E-state index is 0.154. The van der Waals surface area contributed by atoms with E-state index in [1.165, 1.54) is 24.3 Å². The summed E-state index contributed by atoms with van der Waals surface area (Å²) in [5, 5.41) is 3.97. The van der Waals surface area contributed by atoms with Crippen molar-refractivity contribution in [3.05, 3.63) is 95.6 Å². The molecule has 0 spiro atoms. The Balaban J connectivity index is 1.86. The van der Waals surface area contributed by atoms with Crippen LogP contribution < -0.4 is 9.73 Å². The number of hydrogen-bond acceptors (Lipinski definition) is 4. The number of hydrazone groups is 1. The van der Waals surface area contributed by atoms with Crippen molar-refractivity contribution in [2.75, 3.05) is 10.8 Å². The second kappa shape index (κ2) is 9.69. The van der Waals surface area contributed by atoms with Crippen molar-refractivity contribution in [1.29, 1.82) is 0 Å². The number of halogens is 2. The molecule has 9 heteroatoms. The number of sulfonamides is 1. The highest BCUT2D eigenvalue weighted by atomic mass is 32.2. The summed E-state index contributed by atoms with van der Waals surface area (Å²) in [7, 11) is -4.16. The van der Waals surface area contributed by atoms with Crippen molar-refractivity contribution < 1.29 is 22.0 Å². The first-order valence-electron chi connectivity index (χ1n) is 9.61. The maximum Gasteiger partial charge on any atom is 0.264 e. The van der Waals surface area contributed by atoms with Crippen LogP contribution in [-0.4, -0.2) is 26.6 Å². The van der Waals surface area contributed by atoms with Gasteiger partial charge < -0.3 is 0 Å². The molecule has 0 atom stereocenters. The fraction of sp³-hybridized carbons (Fsp3) is 0.130. The predicted octanol–water partition coefficient (Wildman–Crippen LogP) is 4.01. The summed E-state index contributed by atoms with van der Waals surface area (Å²) in [6.45, 7) is 2.92. The average Bonchev–Trinajstić information content (AvgIpc) is 2.77. The van der Waals surface area contributed by atoms with Crippen LogP contribution in [0.15, 0.2) is 82.8 Å². The molecule has 0 unspecified atom stereocenters. The summed E-state index contributed by atoms with van der Waals surface area (Å²) in [6, 6.07) is 16.5. The van der Waals surface area contributed by atoms with Gasteiger partial charge in [0.15, 0.2) is 0 Å². The minimum atomic E-state index is -4.16. The first kappa shape index (κ1) is 23.1. The molecule has 32 heavy (non-hydrogen) atoms. The SMILES string of the molecule is C/C(=N/NC(=O)CN(c1ccc(C)cc1)S(=O)(=O)c1ccc(F)cc1)c1ccc(F)cc1. The summed E-state index contributed by atoms with van der Waals surface area (Å²) in [4.78, 5) is 12.4. The maximum atomic E-state index is 13.3. The van der Waals surface area contributed by atoms with Gasteiger partial charge in [-0.1, -0.05) is 29.8 Å². The molecule has 0 saturated carbocycles. The first-order chi connectivity index (χ1) is 15.2. The van der Waals surface area contributed by atoms with Crippen LogP contribution in [0.25, 0.3) is 0 Å². The molecule has 3 rings (SSSR count). The smallest absolute Gasteiger partial charge is 0.264 e. The number of anilines is 1. The van der Waals surface area contributed by atoms with Crippen LogP contribution in [-0.2, 0) is 14.8 Å². The fourth-order valence-corrected chi connectivity index (χ4v) is 4.25. The molecular formula is C23H21F2N3O3S. The van der Waals surface area contributed by atoms with Crippen molar-refractivity contribution in [2.45, 2.75) is 18.7 Å². The molecule has 0 aliphatic rings. The lowest BCUT2D eigenvalue weighted by Gasteiger charge is -2.24. The number of hydrogen-bond donors (Lipinski definition) is 1. The standard InChI is InChI=1S/C23H21F2N3O3S/c1-16-3-11-21(12-4-16)28(32(30,31)22-13-9-20(25)10-14-22)15-23(29)27-26-17(2)18-5-7-19(24)8-6-18/h3-14H,15H2,1-2H3,(H,27,29)/b26-17-. The quantitative estimate of drug-likeness (QED) is 0.430. The summed E-state index contributed by atoms with van der Waals surface area (Å²) >= 11 is 0. The Morgan fingerprint density at radius 1 is 0.906 bits per heavy atom. The Hall–Kier alpha value is -3.59. The molecule has 0 saturated heterocycles. The van der Waals surface area contributed by atoms with E-state index in [0.29, 0.717) is 11.3 Å². The molecule has 6 nitrogen and oxygen atoms in total. The second-order valence-corrected chi connectivity index (χ2v) is 8.90. The van der Waals surface area contributed by atoms with Crippen molar-refractivity contribution in [2.24, 2.45) is 5.10 Å². The third-order valence-corrected chi connectivity index (χ3v) is 6.41. The Kier molecular flexibility index (Phi) is 6.99. The zero-order chi connectivity index (χ0) is 23.3. The molecule has 0 aromatic heterocycles. The number of nitrogens with one attached hydrogen (secondary N) is 1. The van der Waals surface area contributed by atoms with Gasteiger partial charge in [-0.3, -0.25) is 9.10 Å². The van der Waals surface area contributed by atoms with E-state index in [9.17, 15) is 22.0 Å². The van der Waals surface area contributed by atoms with Crippen LogP contribution in [0.5, 0.6) is 0 Å². The molecule has 0 aliphatic carbocycles. The third-order valence-electron chi connectivity index (χ3n) is 4.62. The lowest BCUT2D eigenvalue weighted by atomic mass is 10.1. The molecule has 0 heterocycles. The topological polar surface area (TPSA) is 78.8 Å². The number of carbonyl (C=O) groups excluding carboxylic acids is 1. The fourth-order valence-electron chi connectivity index (χ4n) is 2.83. The summed E-state index contributed by atoms with van der Waals surface area (Å²) in [5.41, 5.74) is 4.53. The normalized spacial score (nSPS) is 11.8. The van der Waals surface area contributed by atoms with Crippen LogP contribution in [0.4, 0.5) is 14.5 Å². The van der Waals surface area contributed by atoms with Gasteiger partial charge in [-0.15, -0.1) is 0 Å². The van der Waals surface area contributed by atoms with Crippen molar-refractivity contribution in [3.8, 4) is 0 Å². The molecule has 0 aliphatic heterocycles. The number of nitrogens with zero attached hydrogens (tertiary/aromatic N) is 2. The summed E-state index contributed by atoms with van der Waals surface area (Å²) < 4.78 is 53.7. The van der Waals surface area contributed by atoms with Crippen LogP contribution in [0.2, 0.25) is 0 Å². The van der Waals surface area contributed by atoms with E-state index >= 15 is 0 Å². The van der Waals surface area contributed by atoms with E-state index in [2.05, 4.69) is 10.5 Å². The van der Waals surface area contributed by atoms with E-state index in [4.69, 9.17) is 0 Å². The lowest BCUT2D eigenvalue weighted by Crippen LogP contribution is -2.39. The third kappa shape index (κ3) is 5.55. The van der Waals surface area contributed by atoms with E-state index in [-0.39, 0.29) is 10.6 Å². The van der Waals surface area contributed by atoms with Gasteiger partial charge in [-0.05, 0) is 67.9 Å². The van der Waals surface area contributed by atoms with Crippen LogP contribution in [0, 0.1) is 18.6 Å². The van der Waals surface area contributed by atoms with Gasteiger partial charge in [0.1, 0.15) is 18.2 Å². The molecule has 166 valence electrons. The van der Waals surface area contributed by atoms with Gasteiger partial charge >= 0.3 is 0 Å². The van der Waals surface area contributed by atoms with Gasteiger partial charge in [0.05, 0.1) is 16.3 Å². The van der Waals surface area contributed by atoms with Crippen LogP contribution in [0.3, 0.4) is 0 Å². The van der Waals surface area contributed by atoms with Crippen molar-refractivity contribution in [1.82, 2.24) is 5.43 Å². The Morgan fingerprint density at radius 3 is 2.00 bits per heavy atom. The zero-order valence-corrected chi connectivity index (χ0v) is 18.2. The van der Waals surface area contributed by atoms with Gasteiger partial charge in [-0.25, -0.2) is 22.6 Å². The van der Waals surface area contributed by atoms with Gasteiger partial charge in [0, 0.05) is 0 Å². The van der Waals surface area contributed by atoms with Gasteiger partial charge in [0.2, 0.25) is 0 Å². The van der Waals surface area contributed by atoms with E-state index in [1.807, 2.05) is 6.92 Å². The molecule has 0 bridgehead atoms. The Morgan fingerprint density at radius 2 is 1.44 bits per heavy atom. The van der Waals surface area contributed by atoms with E-state index in [1.54, 1.807) is 31.2 Å². The second-order valence-electron chi connectivity index (χ2n) is 7.04. The molecule has 1 amide bonds. The molecule has 3 aromatic carbocycles. The highest BCUT2D eigenvalue weighted by Gasteiger charge is 2.27. The number of benzene rings is 3. The van der Waals surface area contributed by atoms with Crippen molar-refractivity contribution in [3.63, 3.8) is 0 Å². The van der Waals surface area contributed by atoms with Gasteiger partial charge in [0.25, 0.3) is 15.9 Å². The molecular weight excluding hydrogens is 436 g/mol. The average molecular weight is 458 g/mol. The number of aryl methyl sites for hydroxylation is 1. The first-order valence-corrected chi connectivity index (χ1v) is 11.0. The lowest BCUT2D eigenvalue weighted by molar-refractivity contribution is -0.119. The van der Waals surface area contributed by atoms with Crippen LogP contribution >= 0.6 is 0 Å².